The van der Waals surface area contributed by atoms with Gasteiger partial charge in [0.2, 0.25) is 5.88 Å². The molecule has 0 radical (unpaired) electrons. The highest BCUT2D eigenvalue weighted by atomic mass is 32.1. The second kappa shape index (κ2) is 6.40. The first-order chi connectivity index (χ1) is 11.8. The van der Waals surface area contributed by atoms with Gasteiger partial charge in [-0.2, -0.15) is 0 Å². The standard InChI is InChI=1S/C16H15N5O2S/c22-16(11-5-6-14(19-18-11)21-7-1-2-8-21)17-15-10-12(20-23-15)13-4-3-9-24-13/h3-6,9-10H,1-2,7-8H2,(H,17,22). The molecule has 24 heavy (non-hydrogen) atoms. The average Bonchev–Trinajstić information content (AvgIpc) is 3.36. The van der Waals surface area contributed by atoms with Crippen LogP contribution in [0.5, 0.6) is 0 Å². The molecule has 0 unspecified atom stereocenters. The molecule has 8 heteroatoms. The minimum absolute atomic E-state index is 0.243. The summed E-state index contributed by atoms with van der Waals surface area (Å²) in [4.78, 5) is 15.4. The molecule has 0 aromatic carbocycles. The van der Waals surface area contributed by atoms with Crippen LogP contribution in [0.15, 0.2) is 40.2 Å². The number of amides is 1. The number of carbonyl (C=O) groups excluding carboxylic acids is 1. The smallest absolute Gasteiger partial charge is 0.278 e. The third kappa shape index (κ3) is 3.00. The number of thiophene rings is 1. The monoisotopic (exact) mass is 341 g/mol. The Morgan fingerprint density at radius 2 is 2.08 bits per heavy atom. The van der Waals surface area contributed by atoms with Crippen LogP contribution in [0.3, 0.4) is 0 Å². The molecule has 0 saturated carbocycles. The summed E-state index contributed by atoms with van der Waals surface area (Å²) in [5.41, 5.74) is 0.933. The Bertz CT molecular complexity index is 823. The predicted octanol–water partition coefficient (Wildman–Crippen LogP) is 3.05. The number of carbonyl (C=O) groups is 1. The number of hydrogen-bond donors (Lipinski definition) is 1. The van der Waals surface area contributed by atoms with Gasteiger partial charge in [-0.1, -0.05) is 11.2 Å². The number of hydrogen-bond acceptors (Lipinski definition) is 7. The Labute approximate surface area is 142 Å². The van der Waals surface area contributed by atoms with Gasteiger partial charge in [-0.05, 0) is 36.4 Å². The minimum Gasteiger partial charge on any atom is -0.355 e. The van der Waals surface area contributed by atoms with E-state index in [1.165, 1.54) is 12.8 Å². The van der Waals surface area contributed by atoms with E-state index in [-0.39, 0.29) is 17.5 Å². The molecular formula is C16H15N5O2S. The van der Waals surface area contributed by atoms with Crippen LogP contribution in [-0.4, -0.2) is 34.4 Å². The molecular weight excluding hydrogens is 326 g/mol. The van der Waals surface area contributed by atoms with Crippen molar-refractivity contribution in [2.75, 3.05) is 23.3 Å². The second-order valence-corrected chi connectivity index (χ2v) is 6.43. The Morgan fingerprint density at radius 3 is 2.79 bits per heavy atom. The molecule has 0 spiro atoms. The fraction of sp³-hybridized carbons (Fsp3) is 0.250. The zero-order chi connectivity index (χ0) is 16.4. The van der Waals surface area contributed by atoms with Crippen LogP contribution < -0.4 is 10.2 Å². The lowest BCUT2D eigenvalue weighted by Gasteiger charge is -2.14. The van der Waals surface area contributed by atoms with Gasteiger partial charge in [0.1, 0.15) is 5.69 Å². The average molecular weight is 341 g/mol. The van der Waals surface area contributed by atoms with Crippen LogP contribution in [0, 0.1) is 0 Å². The van der Waals surface area contributed by atoms with Crippen molar-refractivity contribution in [3.63, 3.8) is 0 Å². The van der Waals surface area contributed by atoms with Crippen LogP contribution in [0.2, 0.25) is 0 Å². The summed E-state index contributed by atoms with van der Waals surface area (Å²) in [6.07, 6.45) is 2.34. The highest BCUT2D eigenvalue weighted by molar-refractivity contribution is 7.13. The lowest BCUT2D eigenvalue weighted by molar-refractivity contribution is 0.101. The molecule has 4 heterocycles. The van der Waals surface area contributed by atoms with Crippen LogP contribution in [0.25, 0.3) is 10.6 Å². The third-order valence-corrected chi connectivity index (χ3v) is 4.73. The Balaban J connectivity index is 1.44. The van der Waals surface area contributed by atoms with E-state index in [2.05, 4.69) is 25.6 Å². The zero-order valence-corrected chi connectivity index (χ0v) is 13.6. The molecule has 1 N–H and O–H groups in total. The van der Waals surface area contributed by atoms with Crippen molar-refractivity contribution >= 4 is 28.9 Å². The number of anilines is 2. The molecule has 3 aromatic heterocycles. The number of aromatic nitrogens is 3. The first kappa shape index (κ1) is 14.8. The van der Waals surface area contributed by atoms with Crippen molar-refractivity contribution in [2.45, 2.75) is 12.8 Å². The number of nitrogens with zero attached hydrogens (tertiary/aromatic N) is 4. The molecule has 122 valence electrons. The van der Waals surface area contributed by atoms with Gasteiger partial charge in [0, 0.05) is 19.2 Å². The van der Waals surface area contributed by atoms with Crippen molar-refractivity contribution < 1.29 is 9.32 Å². The third-order valence-electron chi connectivity index (χ3n) is 3.83. The summed E-state index contributed by atoms with van der Waals surface area (Å²) in [5, 5.41) is 16.7. The molecule has 7 nitrogen and oxygen atoms in total. The lowest BCUT2D eigenvalue weighted by Crippen LogP contribution is -2.20. The summed E-state index contributed by atoms with van der Waals surface area (Å²) in [5.74, 6) is 0.724. The topological polar surface area (TPSA) is 84.2 Å². The highest BCUT2D eigenvalue weighted by Gasteiger charge is 2.16. The number of rotatable bonds is 4. The largest absolute Gasteiger partial charge is 0.355 e. The summed E-state index contributed by atoms with van der Waals surface area (Å²) in [6.45, 7) is 1.98. The summed E-state index contributed by atoms with van der Waals surface area (Å²) in [6, 6.07) is 9.06. The van der Waals surface area contributed by atoms with Crippen LogP contribution in [-0.2, 0) is 0 Å². The van der Waals surface area contributed by atoms with Crippen LogP contribution in [0.4, 0.5) is 11.7 Å². The van der Waals surface area contributed by atoms with E-state index in [1.807, 2.05) is 23.6 Å². The molecule has 1 saturated heterocycles. The van der Waals surface area contributed by atoms with Crippen molar-refractivity contribution in [3.8, 4) is 10.6 Å². The SMILES string of the molecule is O=C(Nc1cc(-c2cccs2)no1)c1ccc(N2CCCC2)nn1. The van der Waals surface area contributed by atoms with E-state index in [0.29, 0.717) is 5.69 Å². The van der Waals surface area contributed by atoms with Crippen LogP contribution in [0.1, 0.15) is 23.3 Å². The minimum atomic E-state index is -0.371. The molecule has 1 aliphatic rings. The first-order valence-electron chi connectivity index (χ1n) is 7.70. The van der Waals surface area contributed by atoms with Gasteiger partial charge in [-0.3, -0.25) is 10.1 Å². The maximum absolute atomic E-state index is 12.2. The van der Waals surface area contributed by atoms with Crippen LogP contribution >= 0.6 is 11.3 Å². The van der Waals surface area contributed by atoms with Crippen molar-refractivity contribution in [1.82, 2.24) is 15.4 Å². The maximum atomic E-state index is 12.2. The van der Waals surface area contributed by atoms with E-state index in [9.17, 15) is 4.79 Å². The van der Waals surface area contributed by atoms with Gasteiger partial charge in [-0.15, -0.1) is 21.5 Å². The normalized spacial score (nSPS) is 14.1. The molecule has 0 aliphatic carbocycles. The van der Waals surface area contributed by atoms with E-state index in [4.69, 9.17) is 4.52 Å². The van der Waals surface area contributed by atoms with Gasteiger partial charge < -0.3 is 9.42 Å². The highest BCUT2D eigenvalue weighted by Crippen LogP contribution is 2.26. The van der Waals surface area contributed by atoms with E-state index < -0.39 is 0 Å². The van der Waals surface area contributed by atoms with E-state index >= 15 is 0 Å². The summed E-state index contributed by atoms with van der Waals surface area (Å²) < 4.78 is 5.15. The van der Waals surface area contributed by atoms with E-state index in [0.717, 1.165) is 23.8 Å². The van der Waals surface area contributed by atoms with Gasteiger partial charge in [0.25, 0.3) is 5.91 Å². The van der Waals surface area contributed by atoms with Gasteiger partial charge >= 0.3 is 0 Å². The predicted molar refractivity (Wildman–Crippen MR) is 91.2 cm³/mol. The summed E-state index contributed by atoms with van der Waals surface area (Å²) in [7, 11) is 0. The molecule has 3 aromatic rings. The fourth-order valence-electron chi connectivity index (χ4n) is 2.61. The summed E-state index contributed by atoms with van der Waals surface area (Å²) >= 11 is 1.56. The zero-order valence-electron chi connectivity index (χ0n) is 12.8. The van der Waals surface area contributed by atoms with Gasteiger partial charge in [0.05, 0.1) is 4.88 Å². The molecule has 4 rings (SSSR count). The molecule has 1 fully saturated rings. The van der Waals surface area contributed by atoms with Crippen molar-refractivity contribution in [3.05, 3.63) is 41.4 Å². The Kier molecular flexibility index (Phi) is 3.96. The van der Waals surface area contributed by atoms with Crippen molar-refractivity contribution in [2.24, 2.45) is 0 Å². The van der Waals surface area contributed by atoms with Gasteiger partial charge in [-0.25, -0.2) is 0 Å². The fourth-order valence-corrected chi connectivity index (χ4v) is 3.29. The van der Waals surface area contributed by atoms with E-state index in [1.54, 1.807) is 23.5 Å². The molecule has 1 aliphatic heterocycles. The Hall–Kier alpha value is -2.74. The molecule has 1 amide bonds. The molecule has 0 bridgehead atoms. The molecule has 0 atom stereocenters. The number of nitrogens with one attached hydrogen (secondary N) is 1. The quantitative estimate of drug-likeness (QED) is 0.785. The maximum Gasteiger partial charge on any atom is 0.278 e. The van der Waals surface area contributed by atoms with Gasteiger partial charge in [0.15, 0.2) is 11.5 Å². The second-order valence-electron chi connectivity index (χ2n) is 5.48. The Morgan fingerprint density at radius 1 is 1.21 bits per heavy atom. The lowest BCUT2D eigenvalue weighted by atomic mass is 10.3. The first-order valence-corrected chi connectivity index (χ1v) is 8.58. The van der Waals surface area contributed by atoms with Crippen molar-refractivity contribution in [1.29, 1.82) is 0 Å².